The van der Waals surface area contributed by atoms with Gasteiger partial charge in [-0.2, -0.15) is 0 Å². The largest absolute Gasteiger partial charge is 0.497 e. The number of nitrogens with one attached hydrogen (secondary N) is 1. The molecule has 2 atom stereocenters. The quantitative estimate of drug-likeness (QED) is 0.411. The second-order valence-electron chi connectivity index (χ2n) is 8.73. The van der Waals surface area contributed by atoms with Gasteiger partial charge >= 0.3 is 0 Å². The highest BCUT2D eigenvalue weighted by Gasteiger charge is 2.63. The number of ether oxygens (including phenoxy) is 2. The van der Waals surface area contributed by atoms with Crippen molar-refractivity contribution in [3.63, 3.8) is 0 Å². The Morgan fingerprint density at radius 1 is 0.917 bits per heavy atom. The van der Waals surface area contributed by atoms with Gasteiger partial charge in [0.15, 0.2) is 5.78 Å². The van der Waals surface area contributed by atoms with Crippen molar-refractivity contribution in [3.8, 4) is 11.5 Å². The number of methoxy groups -OCH3 is 2. The molecule has 2 heterocycles. The molecule has 0 aromatic heterocycles. The van der Waals surface area contributed by atoms with E-state index in [2.05, 4.69) is 10.5 Å². The molecule has 178 valence electrons. The van der Waals surface area contributed by atoms with Crippen LogP contribution < -0.4 is 14.8 Å². The van der Waals surface area contributed by atoms with Crippen molar-refractivity contribution < 1.29 is 23.9 Å². The van der Waals surface area contributed by atoms with Crippen LogP contribution in [0.1, 0.15) is 21.5 Å². The number of carbonyl (C=O) groups is 2. The average Bonchev–Trinajstić information content (AvgIpc) is 3.46. The number of amides is 1. The average molecular weight is 479 g/mol. The van der Waals surface area contributed by atoms with Gasteiger partial charge in [0.05, 0.1) is 14.2 Å². The molecule has 0 fully saturated rings. The number of carbonyl (C=O) groups excluding carboxylic acids is 2. The lowest BCUT2D eigenvalue weighted by molar-refractivity contribution is -0.140. The van der Waals surface area contributed by atoms with Crippen LogP contribution in [0.4, 0.5) is 5.69 Å². The molecule has 0 aliphatic carbocycles. The van der Waals surface area contributed by atoms with Crippen molar-refractivity contribution in [2.24, 2.45) is 11.1 Å². The van der Waals surface area contributed by atoms with Gasteiger partial charge in [-0.3, -0.25) is 9.59 Å². The van der Waals surface area contributed by atoms with Crippen LogP contribution in [0, 0.1) is 5.92 Å². The summed E-state index contributed by atoms with van der Waals surface area (Å²) >= 11 is 0. The number of benzene rings is 4. The first kappa shape index (κ1) is 21.9. The fourth-order valence-corrected chi connectivity index (χ4v) is 5.08. The highest BCUT2D eigenvalue weighted by Crippen LogP contribution is 2.50. The monoisotopic (exact) mass is 478 g/mol. The van der Waals surface area contributed by atoms with E-state index in [1.807, 2.05) is 48.5 Å². The Morgan fingerprint density at radius 3 is 2.50 bits per heavy atom. The van der Waals surface area contributed by atoms with E-state index < -0.39 is 17.4 Å². The Balaban J connectivity index is 1.55. The van der Waals surface area contributed by atoms with Crippen LogP contribution in [0.2, 0.25) is 0 Å². The van der Waals surface area contributed by atoms with Gasteiger partial charge in [-0.25, -0.2) is 0 Å². The maximum Gasteiger partial charge on any atom is 0.277 e. The molecular formula is C29H22N2O5. The van der Waals surface area contributed by atoms with Crippen LogP contribution in [-0.2, 0) is 15.2 Å². The minimum Gasteiger partial charge on any atom is -0.497 e. The van der Waals surface area contributed by atoms with Crippen LogP contribution >= 0.6 is 0 Å². The Labute approximate surface area is 207 Å². The van der Waals surface area contributed by atoms with Crippen molar-refractivity contribution in [1.82, 2.24) is 0 Å². The van der Waals surface area contributed by atoms with Crippen LogP contribution in [0.5, 0.6) is 11.5 Å². The first-order chi connectivity index (χ1) is 17.6. The summed E-state index contributed by atoms with van der Waals surface area (Å²) in [5, 5.41) is 9.17. The predicted molar refractivity (Wildman–Crippen MR) is 136 cm³/mol. The summed E-state index contributed by atoms with van der Waals surface area (Å²) in [6, 6.07) is 25.8. The number of rotatable bonds is 5. The highest BCUT2D eigenvalue weighted by atomic mass is 16.7. The molecule has 1 N–H and O–H groups in total. The first-order valence-electron chi connectivity index (χ1n) is 11.5. The molecule has 7 heteroatoms. The lowest BCUT2D eigenvalue weighted by Crippen LogP contribution is -2.46. The van der Waals surface area contributed by atoms with Gasteiger partial charge in [-0.1, -0.05) is 59.8 Å². The van der Waals surface area contributed by atoms with Crippen LogP contribution in [0.3, 0.4) is 0 Å². The molecule has 36 heavy (non-hydrogen) atoms. The van der Waals surface area contributed by atoms with Crippen molar-refractivity contribution in [3.05, 3.63) is 102 Å². The zero-order valence-corrected chi connectivity index (χ0v) is 19.6. The number of oxime groups is 1. The Bertz CT molecular complexity index is 1580. The SMILES string of the molecule is COc1ccc(C2=NO[C@@]3(C(=O)Nc4ccccc43)[C@H]2C(=O)c2ccc3ccccc3c2)c(OC)c1. The molecule has 2 aliphatic heterocycles. The van der Waals surface area contributed by atoms with Gasteiger partial charge in [0.25, 0.3) is 11.5 Å². The third-order valence-electron chi connectivity index (χ3n) is 6.86. The summed E-state index contributed by atoms with van der Waals surface area (Å²) in [4.78, 5) is 33.8. The summed E-state index contributed by atoms with van der Waals surface area (Å²) in [7, 11) is 3.09. The fraction of sp³-hybridized carbons (Fsp3) is 0.138. The zero-order valence-electron chi connectivity index (χ0n) is 19.6. The van der Waals surface area contributed by atoms with Crippen molar-refractivity contribution >= 4 is 33.9 Å². The molecule has 1 amide bonds. The second-order valence-corrected chi connectivity index (χ2v) is 8.73. The molecule has 7 nitrogen and oxygen atoms in total. The molecular weight excluding hydrogens is 456 g/mol. The van der Waals surface area contributed by atoms with Crippen molar-refractivity contribution in [2.75, 3.05) is 19.5 Å². The van der Waals surface area contributed by atoms with E-state index in [4.69, 9.17) is 14.3 Å². The number of hydrogen-bond acceptors (Lipinski definition) is 6. The smallest absolute Gasteiger partial charge is 0.277 e. The molecule has 1 spiro atoms. The third kappa shape index (κ3) is 3.09. The molecule has 0 radical (unpaired) electrons. The van der Waals surface area contributed by atoms with Crippen LogP contribution in [-0.4, -0.2) is 31.6 Å². The minimum absolute atomic E-state index is 0.276. The zero-order chi connectivity index (χ0) is 24.9. The van der Waals surface area contributed by atoms with E-state index in [-0.39, 0.29) is 5.78 Å². The Hall–Kier alpha value is -4.65. The lowest BCUT2D eigenvalue weighted by atomic mass is 9.74. The lowest BCUT2D eigenvalue weighted by Gasteiger charge is -2.27. The summed E-state index contributed by atoms with van der Waals surface area (Å²) in [6.07, 6.45) is 0. The van der Waals surface area contributed by atoms with Gasteiger partial charge in [0, 0.05) is 28.4 Å². The van der Waals surface area contributed by atoms with Gasteiger partial charge in [0.1, 0.15) is 23.1 Å². The van der Waals surface area contributed by atoms with Gasteiger partial charge < -0.3 is 19.6 Å². The van der Waals surface area contributed by atoms with Gasteiger partial charge in [-0.05, 0) is 35.0 Å². The minimum atomic E-state index is -1.64. The second kappa shape index (κ2) is 8.23. The number of Topliss-reactive ketones (excluding diaryl/α,β-unsaturated/α-hetero) is 1. The molecule has 4 aromatic rings. The van der Waals surface area contributed by atoms with Gasteiger partial charge in [-0.15, -0.1) is 0 Å². The first-order valence-corrected chi connectivity index (χ1v) is 11.5. The molecule has 4 aromatic carbocycles. The summed E-state index contributed by atoms with van der Waals surface area (Å²) < 4.78 is 10.9. The maximum absolute atomic E-state index is 14.3. The summed E-state index contributed by atoms with van der Waals surface area (Å²) in [5.41, 5.74) is 0.851. The predicted octanol–water partition coefficient (Wildman–Crippen LogP) is 4.94. The number of hydrogen-bond donors (Lipinski definition) is 1. The molecule has 0 bridgehead atoms. The fourth-order valence-electron chi connectivity index (χ4n) is 5.08. The number of ketones is 1. The van der Waals surface area contributed by atoms with Crippen molar-refractivity contribution in [2.45, 2.75) is 5.60 Å². The van der Waals surface area contributed by atoms with E-state index in [0.29, 0.717) is 39.6 Å². The molecule has 0 saturated carbocycles. The summed E-state index contributed by atoms with van der Waals surface area (Å²) in [5.74, 6) is -0.719. The number of fused-ring (bicyclic) bond motifs is 3. The molecule has 6 rings (SSSR count). The Kier molecular flexibility index (Phi) is 5.00. The van der Waals surface area contributed by atoms with E-state index in [9.17, 15) is 9.59 Å². The number of para-hydroxylation sites is 1. The van der Waals surface area contributed by atoms with Gasteiger partial charge in [0.2, 0.25) is 0 Å². The van der Waals surface area contributed by atoms with Crippen LogP contribution in [0.15, 0.2) is 90.1 Å². The molecule has 0 unspecified atom stereocenters. The van der Waals surface area contributed by atoms with E-state index in [1.165, 1.54) is 7.11 Å². The van der Waals surface area contributed by atoms with E-state index >= 15 is 0 Å². The molecule has 0 saturated heterocycles. The van der Waals surface area contributed by atoms with E-state index in [1.54, 1.807) is 43.5 Å². The van der Waals surface area contributed by atoms with Crippen molar-refractivity contribution in [1.29, 1.82) is 0 Å². The highest BCUT2D eigenvalue weighted by molar-refractivity contribution is 6.25. The Morgan fingerprint density at radius 2 is 1.69 bits per heavy atom. The standard InChI is InChI=1S/C29H22N2O5/c1-34-20-13-14-21(24(16-20)35-2)26-25(27(32)19-12-11-17-7-3-4-8-18(17)15-19)29(36-31-26)22-9-5-6-10-23(22)30-28(29)33/h3-16,25H,1-2H3,(H,30,33)/t25-,29-/m1/s1. The number of anilines is 1. The summed E-state index contributed by atoms with van der Waals surface area (Å²) in [6.45, 7) is 0. The molecule has 2 aliphatic rings. The normalized spacial score (nSPS) is 20.0. The topological polar surface area (TPSA) is 86.2 Å². The number of nitrogens with zero attached hydrogens (tertiary/aromatic N) is 1. The maximum atomic E-state index is 14.3. The van der Waals surface area contributed by atoms with Crippen LogP contribution in [0.25, 0.3) is 10.8 Å². The van der Waals surface area contributed by atoms with E-state index in [0.717, 1.165) is 10.8 Å². The third-order valence-corrected chi connectivity index (χ3v) is 6.86.